The smallest absolute Gasteiger partial charge is 0.264 e. The number of allylic oxidation sites excluding steroid dienone is 2. The molecule has 1 unspecified atom stereocenters. The van der Waals surface area contributed by atoms with Crippen LogP contribution in [-0.4, -0.2) is 145 Å². The average molecular weight is 1260 g/mol. The SMILES string of the molecule is CC(C)(C)[Si](C)(C)O[C@@H]1C=CCCC1.CC(C)(C)[Si](C)(C)O[C@H]1CCC[C@@H](N=[N+]=[N-])[C@H]1N=[N+]=[N-].CC(C)(C)[Si](C)(C)O[C@H]1CCC[C@H](O)[C@@H]1O.CC(C)(C)[Si](C)(C)O[C@H]1CCC[C@H](OS(C)(=O)=O)[C@@H]1OS(C)(=O)=O.OC1C=CCCC1. The van der Waals surface area contributed by atoms with Crippen molar-refractivity contribution in [3.63, 3.8) is 0 Å². The summed E-state index contributed by atoms with van der Waals surface area (Å²) in [5, 5.41) is 36.5. The van der Waals surface area contributed by atoms with Gasteiger partial charge in [-0.05, 0) is 173 Å². The van der Waals surface area contributed by atoms with Crippen LogP contribution in [0.25, 0.3) is 20.9 Å². The summed E-state index contributed by atoms with van der Waals surface area (Å²) in [7, 11) is -15.0. The second-order valence-electron chi connectivity index (χ2n) is 28.9. The molecule has 0 bridgehead atoms. The highest BCUT2D eigenvalue weighted by Gasteiger charge is 2.47. The van der Waals surface area contributed by atoms with Crippen LogP contribution in [0.2, 0.25) is 72.5 Å². The van der Waals surface area contributed by atoms with Crippen LogP contribution in [0.4, 0.5) is 0 Å². The molecule has 0 spiro atoms. The van der Waals surface area contributed by atoms with Crippen molar-refractivity contribution in [2.45, 2.75) is 319 Å². The minimum atomic E-state index is -3.78. The van der Waals surface area contributed by atoms with E-state index in [9.17, 15) is 27.0 Å². The van der Waals surface area contributed by atoms with Crippen LogP contribution < -0.4 is 0 Å². The van der Waals surface area contributed by atoms with Crippen LogP contribution in [0.15, 0.2) is 34.5 Å². The Hall–Kier alpha value is -1.49. The molecule has 5 aliphatic carbocycles. The van der Waals surface area contributed by atoms with Gasteiger partial charge in [-0.25, -0.2) is 0 Å². The van der Waals surface area contributed by atoms with Gasteiger partial charge in [0.15, 0.2) is 33.3 Å². The summed E-state index contributed by atoms with van der Waals surface area (Å²) in [6, 6.07) is -0.682. The molecule has 0 saturated heterocycles. The van der Waals surface area contributed by atoms with Gasteiger partial charge in [0.1, 0.15) is 18.3 Å². The molecule has 0 aliphatic heterocycles. The summed E-state index contributed by atoms with van der Waals surface area (Å²) in [4.78, 5) is 5.78. The maximum atomic E-state index is 11.6. The Balaban J connectivity index is 0.000000526. The highest BCUT2D eigenvalue weighted by Crippen LogP contribution is 2.43. The lowest BCUT2D eigenvalue weighted by atomic mass is 9.89. The van der Waals surface area contributed by atoms with E-state index in [0.29, 0.717) is 36.8 Å². The van der Waals surface area contributed by atoms with Crippen molar-refractivity contribution in [1.29, 1.82) is 0 Å². The highest BCUT2D eigenvalue weighted by atomic mass is 32.2. The van der Waals surface area contributed by atoms with Crippen LogP contribution >= 0.6 is 0 Å². The fraction of sp³-hybridized carbons (Fsp3) is 0.929. The number of azide groups is 2. The van der Waals surface area contributed by atoms with Gasteiger partial charge >= 0.3 is 0 Å². The minimum Gasteiger partial charge on any atom is -0.414 e. The number of nitrogens with zero attached hydrogens (tertiary/aromatic N) is 6. The van der Waals surface area contributed by atoms with Gasteiger partial charge in [0, 0.05) is 15.9 Å². The highest BCUT2D eigenvalue weighted by molar-refractivity contribution is 7.86. The van der Waals surface area contributed by atoms with Gasteiger partial charge in [0.2, 0.25) is 0 Å². The normalized spacial score (nSPS) is 28.1. The van der Waals surface area contributed by atoms with Gasteiger partial charge < -0.3 is 33.0 Å². The average Bonchev–Trinajstić information content (AvgIpc) is 3.29. The van der Waals surface area contributed by atoms with Crippen molar-refractivity contribution in [1.82, 2.24) is 0 Å². The van der Waals surface area contributed by atoms with Gasteiger partial charge in [0.05, 0.1) is 55.2 Å². The third kappa shape index (κ3) is 27.8. The molecule has 3 saturated carbocycles. The number of hydrogen-bond acceptors (Lipinski definition) is 15. The summed E-state index contributed by atoms with van der Waals surface area (Å²) in [6.07, 6.45) is 20.3. The Morgan fingerprint density at radius 2 is 0.877 bits per heavy atom. The van der Waals surface area contributed by atoms with Crippen LogP contribution in [0.3, 0.4) is 0 Å². The maximum Gasteiger partial charge on any atom is 0.264 e. The summed E-state index contributed by atoms with van der Waals surface area (Å²) in [5.41, 5.74) is 17.4. The first-order valence-corrected chi connectivity index (χ1v) is 44.8. The molecule has 0 heterocycles. The predicted molar refractivity (Wildman–Crippen MR) is 339 cm³/mol. The van der Waals surface area contributed by atoms with E-state index in [2.05, 4.69) is 168 Å². The number of aliphatic hydroxyl groups excluding tert-OH is 3. The third-order valence-corrected chi connectivity index (χ3v) is 36.8. The molecule has 11 atom stereocenters. The van der Waals surface area contributed by atoms with Gasteiger partial charge in [-0.2, -0.15) is 16.8 Å². The summed E-state index contributed by atoms with van der Waals surface area (Å²) < 4.78 is 81.7. The van der Waals surface area contributed by atoms with E-state index in [0.717, 1.165) is 63.9 Å². The van der Waals surface area contributed by atoms with Crippen LogP contribution in [-0.2, 0) is 46.3 Å². The fourth-order valence-corrected chi connectivity index (χ4v) is 15.4. The van der Waals surface area contributed by atoms with Crippen LogP contribution in [0.5, 0.6) is 0 Å². The zero-order valence-corrected chi connectivity index (χ0v) is 59.8. The molecule has 19 nitrogen and oxygen atoms in total. The number of aliphatic hydroxyl groups is 3. The molecule has 474 valence electrons. The Kier molecular flexibility index (Phi) is 31.1. The Bertz CT molecular complexity index is 2290. The zero-order chi connectivity index (χ0) is 62.9. The first-order valence-electron chi connectivity index (χ1n) is 29.6. The summed E-state index contributed by atoms with van der Waals surface area (Å²) in [5.74, 6) is 0. The Morgan fingerprint density at radius 1 is 0.481 bits per heavy atom. The summed E-state index contributed by atoms with van der Waals surface area (Å²) in [6.45, 7) is 43.7. The van der Waals surface area contributed by atoms with E-state index in [1.807, 2.05) is 12.2 Å². The molecule has 0 aromatic rings. The second-order valence-corrected chi connectivity index (χ2v) is 51.1. The van der Waals surface area contributed by atoms with E-state index in [-0.39, 0.29) is 39.5 Å². The molecule has 0 aromatic heterocycles. The molecule has 0 aromatic carbocycles. The van der Waals surface area contributed by atoms with Crippen molar-refractivity contribution < 1.29 is 58.2 Å². The van der Waals surface area contributed by atoms with E-state index < -0.39 is 90.1 Å². The molecular formula is C56H114N6O13S2Si4. The van der Waals surface area contributed by atoms with Gasteiger partial charge in [-0.15, -0.1) is 0 Å². The molecule has 5 aliphatic rings. The maximum absolute atomic E-state index is 11.6. The van der Waals surface area contributed by atoms with E-state index >= 15 is 0 Å². The van der Waals surface area contributed by atoms with Crippen molar-refractivity contribution in [3.8, 4) is 0 Å². The summed E-state index contributed by atoms with van der Waals surface area (Å²) >= 11 is 0. The predicted octanol–water partition coefficient (Wildman–Crippen LogP) is 14.7. The largest absolute Gasteiger partial charge is 0.414 e. The van der Waals surface area contributed by atoms with Crippen molar-refractivity contribution in [3.05, 3.63) is 45.2 Å². The second kappa shape index (κ2) is 32.5. The Morgan fingerprint density at radius 3 is 1.28 bits per heavy atom. The molecule has 3 N–H and O–H groups in total. The molecule has 0 radical (unpaired) electrons. The van der Waals surface area contributed by atoms with E-state index in [1.54, 1.807) is 0 Å². The third-order valence-electron chi connectivity index (χ3n) is 17.7. The lowest BCUT2D eigenvalue weighted by molar-refractivity contribution is -0.0789. The lowest BCUT2D eigenvalue weighted by Gasteiger charge is -2.44. The van der Waals surface area contributed by atoms with Crippen molar-refractivity contribution >= 4 is 53.5 Å². The van der Waals surface area contributed by atoms with E-state index in [1.165, 1.54) is 19.3 Å². The molecule has 0 amide bonds. The van der Waals surface area contributed by atoms with Crippen molar-refractivity contribution in [2.75, 3.05) is 12.5 Å². The molecule has 3 fully saturated rings. The van der Waals surface area contributed by atoms with Gasteiger partial charge in [0.25, 0.3) is 20.2 Å². The number of hydrogen-bond donors (Lipinski definition) is 3. The quantitative estimate of drug-likeness (QED) is 0.0365. The van der Waals surface area contributed by atoms with Gasteiger partial charge in [-0.3, -0.25) is 8.37 Å². The molecule has 5 rings (SSSR count). The lowest BCUT2D eigenvalue weighted by Crippen LogP contribution is -2.53. The van der Waals surface area contributed by atoms with Gasteiger partial charge in [-0.1, -0.05) is 124 Å². The zero-order valence-electron chi connectivity index (χ0n) is 54.2. The molecular weight excluding hydrogens is 1140 g/mol. The Labute approximate surface area is 495 Å². The van der Waals surface area contributed by atoms with E-state index in [4.69, 9.17) is 42.2 Å². The van der Waals surface area contributed by atoms with Crippen molar-refractivity contribution in [2.24, 2.45) is 10.2 Å². The first-order chi connectivity index (χ1) is 36.6. The monoisotopic (exact) mass is 1250 g/mol. The topological polar surface area (TPSA) is 282 Å². The first kappa shape index (κ1) is 77.5. The number of rotatable bonds is 14. The van der Waals surface area contributed by atoms with Crippen LogP contribution in [0.1, 0.15) is 179 Å². The standard InChI is InChI=1S/C14H30O7S2Si.C12H24N6OSi.C12H26O3Si.C12H24OSi.C6H10O/c1-14(2,3)24(6,7)21-12-10-8-9-11(19-22(4,15)16)13(12)20-23(5,17)18;1-12(2,3)20(4,5)19-10-8-6-7-9(15-17-13)11(10)16-18-14;1-12(2,3)16(4,5)15-10-8-6-7-9(13)11(10)14;1-12(2,3)14(4,5)13-11-9-7-6-8-10-11;7-6-4-2-1-3-5-6/h11-13H,8-10H2,1-7H3;9-11H,6-8H2,1-5H3;9-11,13-14H,6-8H2,1-5H3;7,9,11H,6,8,10H2,1-5H3;2,4,6-7H,1,3,5H2/t11-,12-,13-;9-,10+,11-;9-,10-,11-;11-;/m0101./s1. The minimum absolute atomic E-state index is 0.0622. The molecule has 81 heavy (non-hydrogen) atoms. The fourth-order valence-electron chi connectivity index (χ4n) is 8.66. The molecule has 25 heteroatoms. The van der Waals surface area contributed by atoms with Crippen LogP contribution in [0, 0.1) is 0 Å².